The number of hydrogen-bond acceptors (Lipinski definition) is 4. The van der Waals surface area contributed by atoms with Crippen molar-refractivity contribution in [2.45, 2.75) is 39.7 Å². The molecule has 5 heteroatoms. The van der Waals surface area contributed by atoms with E-state index in [-0.39, 0.29) is 12.5 Å². The lowest BCUT2D eigenvalue weighted by molar-refractivity contribution is -0.154. The van der Waals surface area contributed by atoms with E-state index in [1.807, 2.05) is 43.3 Å². The summed E-state index contributed by atoms with van der Waals surface area (Å²) < 4.78 is 4.96. The molecular formula is C18H22N2O3. The van der Waals surface area contributed by atoms with E-state index >= 15 is 0 Å². The third-order valence-electron chi connectivity index (χ3n) is 3.63. The van der Waals surface area contributed by atoms with Crippen LogP contribution in [0.3, 0.4) is 0 Å². The maximum Gasteiger partial charge on any atom is 0.330 e. The van der Waals surface area contributed by atoms with Crippen LogP contribution in [0, 0.1) is 6.92 Å². The first-order valence-corrected chi connectivity index (χ1v) is 7.82. The van der Waals surface area contributed by atoms with Gasteiger partial charge in [-0.15, -0.1) is 0 Å². The standard InChI is InChI=1S/C18H22N2O3/c1-4-23-18(22)14(3)20-17(21)12-11-16(19-20)10-9-15-7-5-13(2)6-8-15/h5-10,14H,4,11-12H2,1-3H3/b10-9+/t14-/m0/s1. The molecule has 2 rings (SSSR count). The number of amides is 1. The molecule has 0 spiro atoms. The number of carbonyl (C=O) groups excluding carboxylic acids is 2. The van der Waals surface area contributed by atoms with E-state index < -0.39 is 12.0 Å². The van der Waals surface area contributed by atoms with Crippen molar-refractivity contribution < 1.29 is 14.3 Å². The molecule has 23 heavy (non-hydrogen) atoms. The summed E-state index contributed by atoms with van der Waals surface area (Å²) in [5.74, 6) is -0.591. The maximum atomic E-state index is 12.0. The van der Waals surface area contributed by atoms with Crippen LogP contribution in [0.5, 0.6) is 0 Å². The normalized spacial score (nSPS) is 16.4. The Morgan fingerprint density at radius 3 is 2.65 bits per heavy atom. The van der Waals surface area contributed by atoms with Crippen molar-refractivity contribution in [3.05, 3.63) is 41.5 Å². The molecule has 1 amide bonds. The summed E-state index contributed by atoms with van der Waals surface area (Å²) in [4.78, 5) is 23.8. The van der Waals surface area contributed by atoms with Gasteiger partial charge in [0.15, 0.2) is 0 Å². The number of nitrogens with zero attached hydrogens (tertiary/aromatic N) is 2. The molecule has 1 aliphatic rings. The van der Waals surface area contributed by atoms with Gasteiger partial charge in [-0.1, -0.05) is 35.9 Å². The Balaban J connectivity index is 2.12. The van der Waals surface area contributed by atoms with E-state index in [2.05, 4.69) is 5.10 Å². The molecule has 1 heterocycles. The topological polar surface area (TPSA) is 59.0 Å². The average Bonchev–Trinajstić information content (AvgIpc) is 2.55. The molecule has 122 valence electrons. The number of rotatable bonds is 5. The summed E-state index contributed by atoms with van der Waals surface area (Å²) in [6.07, 6.45) is 4.78. The molecule has 0 unspecified atom stereocenters. The minimum atomic E-state index is -0.703. The van der Waals surface area contributed by atoms with Crippen molar-refractivity contribution in [2.75, 3.05) is 6.61 Å². The Hall–Kier alpha value is -2.43. The monoisotopic (exact) mass is 314 g/mol. The van der Waals surface area contributed by atoms with Gasteiger partial charge in [0.25, 0.3) is 0 Å². The van der Waals surface area contributed by atoms with Crippen LogP contribution in [-0.2, 0) is 14.3 Å². The first-order valence-electron chi connectivity index (χ1n) is 7.82. The van der Waals surface area contributed by atoms with Crippen LogP contribution in [0.4, 0.5) is 0 Å². The summed E-state index contributed by atoms with van der Waals surface area (Å²) in [5, 5.41) is 5.54. The van der Waals surface area contributed by atoms with E-state index in [0.29, 0.717) is 12.8 Å². The predicted molar refractivity (Wildman–Crippen MR) is 89.8 cm³/mol. The molecule has 0 saturated heterocycles. The molecule has 1 aromatic rings. The molecule has 5 nitrogen and oxygen atoms in total. The third kappa shape index (κ3) is 4.52. The molecule has 0 aliphatic carbocycles. The fourth-order valence-electron chi connectivity index (χ4n) is 2.25. The van der Waals surface area contributed by atoms with Crippen molar-refractivity contribution in [3.8, 4) is 0 Å². The molecular weight excluding hydrogens is 292 g/mol. The minimum absolute atomic E-state index is 0.155. The van der Waals surface area contributed by atoms with Gasteiger partial charge >= 0.3 is 5.97 Å². The van der Waals surface area contributed by atoms with Crippen LogP contribution in [0.1, 0.15) is 37.8 Å². The molecule has 0 bridgehead atoms. The van der Waals surface area contributed by atoms with Gasteiger partial charge in [0.1, 0.15) is 6.04 Å². The number of esters is 1. The van der Waals surface area contributed by atoms with Crippen LogP contribution in [0.25, 0.3) is 6.08 Å². The smallest absolute Gasteiger partial charge is 0.330 e. The first-order chi connectivity index (χ1) is 11.0. The van der Waals surface area contributed by atoms with Crippen LogP contribution in [0.2, 0.25) is 0 Å². The highest BCUT2D eigenvalue weighted by Crippen LogP contribution is 2.15. The van der Waals surface area contributed by atoms with E-state index in [0.717, 1.165) is 11.3 Å². The number of carbonyl (C=O) groups is 2. The summed E-state index contributed by atoms with van der Waals surface area (Å²) in [5.41, 5.74) is 3.05. The van der Waals surface area contributed by atoms with E-state index in [1.54, 1.807) is 13.8 Å². The predicted octanol–water partition coefficient (Wildman–Crippen LogP) is 2.94. The highest BCUT2D eigenvalue weighted by molar-refractivity contribution is 6.02. The van der Waals surface area contributed by atoms with Crippen LogP contribution in [0.15, 0.2) is 35.4 Å². The zero-order valence-electron chi connectivity index (χ0n) is 13.8. The van der Waals surface area contributed by atoms with Gasteiger partial charge in [-0.25, -0.2) is 9.80 Å². The number of hydrogen-bond donors (Lipinski definition) is 0. The van der Waals surface area contributed by atoms with Gasteiger partial charge in [-0.2, -0.15) is 5.10 Å². The van der Waals surface area contributed by atoms with Gasteiger partial charge in [-0.05, 0) is 32.4 Å². The Bertz CT molecular complexity index is 632. The summed E-state index contributed by atoms with van der Waals surface area (Å²) in [7, 11) is 0. The van der Waals surface area contributed by atoms with Crippen LogP contribution < -0.4 is 0 Å². The average molecular weight is 314 g/mol. The lowest BCUT2D eigenvalue weighted by atomic mass is 10.1. The fraction of sp³-hybridized carbons (Fsp3) is 0.389. The zero-order valence-corrected chi connectivity index (χ0v) is 13.8. The fourth-order valence-corrected chi connectivity index (χ4v) is 2.25. The zero-order chi connectivity index (χ0) is 16.8. The highest BCUT2D eigenvalue weighted by atomic mass is 16.5. The summed E-state index contributed by atoms with van der Waals surface area (Å²) >= 11 is 0. The third-order valence-corrected chi connectivity index (χ3v) is 3.63. The Labute approximate surface area is 136 Å². The number of ether oxygens (including phenoxy) is 1. The van der Waals surface area contributed by atoms with E-state index in [1.165, 1.54) is 10.6 Å². The quantitative estimate of drug-likeness (QED) is 0.785. The lowest BCUT2D eigenvalue weighted by Crippen LogP contribution is -2.43. The first kappa shape index (κ1) is 16.9. The summed E-state index contributed by atoms with van der Waals surface area (Å²) in [6.45, 7) is 5.70. The van der Waals surface area contributed by atoms with Crippen molar-refractivity contribution in [1.29, 1.82) is 0 Å². The summed E-state index contributed by atoms with van der Waals surface area (Å²) in [6, 6.07) is 7.44. The minimum Gasteiger partial charge on any atom is -0.464 e. The second-order valence-corrected chi connectivity index (χ2v) is 5.50. The van der Waals surface area contributed by atoms with Crippen molar-refractivity contribution in [1.82, 2.24) is 5.01 Å². The van der Waals surface area contributed by atoms with Gasteiger partial charge in [0.2, 0.25) is 5.91 Å². The Kier molecular flexibility index (Phi) is 5.68. The van der Waals surface area contributed by atoms with E-state index in [4.69, 9.17) is 4.74 Å². The molecule has 1 atom stereocenters. The SMILES string of the molecule is CCOC(=O)[C@H](C)N1N=C(/C=C/c2ccc(C)cc2)CCC1=O. The molecule has 0 radical (unpaired) electrons. The van der Waals surface area contributed by atoms with Gasteiger partial charge in [0, 0.05) is 12.8 Å². The molecule has 0 N–H and O–H groups in total. The molecule has 0 aromatic heterocycles. The molecule has 1 aromatic carbocycles. The van der Waals surface area contributed by atoms with Gasteiger partial charge in [-0.3, -0.25) is 4.79 Å². The van der Waals surface area contributed by atoms with Gasteiger partial charge in [0.05, 0.1) is 12.3 Å². The van der Waals surface area contributed by atoms with Crippen LogP contribution in [-0.4, -0.2) is 35.2 Å². The van der Waals surface area contributed by atoms with Gasteiger partial charge < -0.3 is 4.74 Å². The number of benzene rings is 1. The number of aryl methyl sites for hydroxylation is 1. The molecule has 0 saturated carbocycles. The second kappa shape index (κ2) is 7.72. The molecule has 1 aliphatic heterocycles. The second-order valence-electron chi connectivity index (χ2n) is 5.50. The van der Waals surface area contributed by atoms with Crippen LogP contribution >= 0.6 is 0 Å². The van der Waals surface area contributed by atoms with E-state index in [9.17, 15) is 9.59 Å². The lowest BCUT2D eigenvalue weighted by Gasteiger charge is -2.26. The largest absolute Gasteiger partial charge is 0.464 e. The maximum absolute atomic E-state index is 12.0. The van der Waals surface area contributed by atoms with Crippen molar-refractivity contribution in [3.63, 3.8) is 0 Å². The number of hydrazone groups is 1. The number of allylic oxidation sites excluding steroid dienone is 1. The van der Waals surface area contributed by atoms with Crippen molar-refractivity contribution in [2.24, 2.45) is 5.10 Å². The highest BCUT2D eigenvalue weighted by Gasteiger charge is 2.29. The Morgan fingerprint density at radius 2 is 2.00 bits per heavy atom. The molecule has 0 fully saturated rings. The van der Waals surface area contributed by atoms with Crippen molar-refractivity contribution >= 4 is 23.7 Å². The Morgan fingerprint density at radius 1 is 1.30 bits per heavy atom.